The van der Waals surface area contributed by atoms with Gasteiger partial charge in [0.1, 0.15) is 17.1 Å². The highest BCUT2D eigenvalue weighted by Crippen LogP contribution is 2.25. The maximum absolute atomic E-state index is 12.7. The lowest BCUT2D eigenvalue weighted by Gasteiger charge is -2.03. The summed E-state index contributed by atoms with van der Waals surface area (Å²) in [4.78, 5) is 10.9. The molecule has 0 atom stereocenters. The number of phenols is 1. The first-order chi connectivity index (χ1) is 6.06. The lowest BCUT2D eigenvalue weighted by molar-refractivity contribution is 0.0597. The number of carbonyl (C=O) groups is 1. The van der Waals surface area contributed by atoms with Gasteiger partial charge in [0.15, 0.2) is 0 Å². The molecule has 0 aliphatic rings. The molecule has 0 amide bonds. The first-order valence-corrected chi connectivity index (χ1v) is 3.70. The second kappa shape index (κ2) is 3.62. The second-order valence-corrected chi connectivity index (χ2v) is 2.68. The van der Waals surface area contributed by atoms with Crippen molar-refractivity contribution in [3.63, 3.8) is 0 Å². The van der Waals surface area contributed by atoms with E-state index in [2.05, 4.69) is 4.74 Å². The van der Waals surface area contributed by atoms with E-state index < -0.39 is 17.5 Å². The summed E-state index contributed by atoms with van der Waals surface area (Å²) in [5, 5.41) is 8.88. The van der Waals surface area contributed by atoms with Crippen molar-refractivity contribution >= 4 is 17.6 Å². The maximum Gasteiger partial charge on any atom is 0.341 e. The summed E-state index contributed by atoms with van der Waals surface area (Å²) in [6, 6.07) is 1.77. The number of halogens is 2. The van der Waals surface area contributed by atoms with Gasteiger partial charge in [-0.05, 0) is 6.07 Å². The molecule has 1 aromatic carbocycles. The van der Waals surface area contributed by atoms with E-state index in [0.717, 1.165) is 19.2 Å². The topological polar surface area (TPSA) is 46.5 Å². The fourth-order valence-corrected chi connectivity index (χ4v) is 0.973. The minimum absolute atomic E-state index is 0.158. The molecule has 0 aliphatic carbocycles. The first kappa shape index (κ1) is 9.80. The highest BCUT2D eigenvalue weighted by atomic mass is 35.5. The number of methoxy groups -OCH3 is 1. The van der Waals surface area contributed by atoms with Crippen LogP contribution < -0.4 is 0 Å². The summed E-state index contributed by atoms with van der Waals surface area (Å²) in [5.41, 5.74) is -0.158. The quantitative estimate of drug-likeness (QED) is 0.712. The minimum atomic E-state index is -0.785. The van der Waals surface area contributed by atoms with Crippen LogP contribution in [0.1, 0.15) is 10.4 Å². The molecular weight excluding hydrogens is 199 g/mol. The van der Waals surface area contributed by atoms with Crippen LogP contribution in [-0.2, 0) is 4.74 Å². The second-order valence-electron chi connectivity index (χ2n) is 2.28. The van der Waals surface area contributed by atoms with E-state index >= 15 is 0 Å². The third kappa shape index (κ3) is 1.89. The van der Waals surface area contributed by atoms with Crippen molar-refractivity contribution in [1.82, 2.24) is 0 Å². The molecule has 13 heavy (non-hydrogen) atoms. The summed E-state index contributed by atoms with van der Waals surface area (Å²) >= 11 is 5.39. The van der Waals surface area contributed by atoms with Crippen molar-refractivity contribution in [3.8, 4) is 5.75 Å². The average molecular weight is 205 g/mol. The van der Waals surface area contributed by atoms with Crippen molar-refractivity contribution in [2.75, 3.05) is 7.11 Å². The zero-order chi connectivity index (χ0) is 10.0. The van der Waals surface area contributed by atoms with Crippen molar-refractivity contribution in [3.05, 3.63) is 28.5 Å². The molecule has 0 fully saturated rings. The summed E-state index contributed by atoms with van der Waals surface area (Å²) in [5.74, 6) is -2.04. The molecule has 0 saturated carbocycles. The summed E-state index contributed by atoms with van der Waals surface area (Å²) in [6.07, 6.45) is 0. The van der Waals surface area contributed by atoms with E-state index in [1.165, 1.54) is 0 Å². The standard InChI is InChI=1S/C8H6ClFO3/c1-13-8(12)4-2-5(9)6(10)3-7(4)11/h2-3,11H,1H3. The van der Waals surface area contributed by atoms with Crippen LogP contribution >= 0.6 is 11.6 Å². The normalized spacial score (nSPS) is 9.77. The zero-order valence-electron chi connectivity index (χ0n) is 6.67. The van der Waals surface area contributed by atoms with E-state index in [0.29, 0.717) is 0 Å². The zero-order valence-corrected chi connectivity index (χ0v) is 7.43. The van der Waals surface area contributed by atoms with Gasteiger partial charge >= 0.3 is 5.97 Å². The van der Waals surface area contributed by atoms with Crippen LogP contribution in [-0.4, -0.2) is 18.2 Å². The minimum Gasteiger partial charge on any atom is -0.507 e. The maximum atomic E-state index is 12.7. The Bertz CT molecular complexity index is 351. The molecule has 0 unspecified atom stereocenters. The van der Waals surface area contributed by atoms with E-state index in [9.17, 15) is 9.18 Å². The largest absolute Gasteiger partial charge is 0.507 e. The van der Waals surface area contributed by atoms with Crippen molar-refractivity contribution in [2.24, 2.45) is 0 Å². The third-order valence-electron chi connectivity index (χ3n) is 1.44. The molecule has 3 nitrogen and oxygen atoms in total. The molecule has 0 aromatic heterocycles. The molecule has 0 aliphatic heterocycles. The molecule has 70 valence electrons. The van der Waals surface area contributed by atoms with Crippen LogP contribution in [0, 0.1) is 5.82 Å². The molecule has 1 aromatic rings. The van der Waals surface area contributed by atoms with Gasteiger partial charge in [-0.3, -0.25) is 0 Å². The van der Waals surface area contributed by atoms with Gasteiger partial charge in [-0.1, -0.05) is 11.6 Å². The Hall–Kier alpha value is -1.29. The Morgan fingerprint density at radius 1 is 1.62 bits per heavy atom. The molecule has 0 spiro atoms. The van der Waals surface area contributed by atoms with Crippen LogP contribution in [0.5, 0.6) is 5.75 Å². The Morgan fingerprint density at radius 2 is 2.23 bits per heavy atom. The molecule has 0 saturated heterocycles. The van der Waals surface area contributed by atoms with Crippen LogP contribution in [0.2, 0.25) is 5.02 Å². The lowest BCUT2D eigenvalue weighted by Crippen LogP contribution is -2.01. The van der Waals surface area contributed by atoms with Gasteiger partial charge in [-0.25, -0.2) is 9.18 Å². The van der Waals surface area contributed by atoms with E-state index in [4.69, 9.17) is 16.7 Å². The molecular formula is C8H6ClFO3. The number of hydrogen-bond donors (Lipinski definition) is 1. The van der Waals surface area contributed by atoms with Gasteiger partial charge in [0.2, 0.25) is 0 Å². The van der Waals surface area contributed by atoms with E-state index in [1.807, 2.05) is 0 Å². The average Bonchev–Trinajstić information content (AvgIpc) is 2.10. The molecule has 0 radical (unpaired) electrons. The number of benzene rings is 1. The van der Waals surface area contributed by atoms with Crippen molar-refractivity contribution in [2.45, 2.75) is 0 Å². The summed E-state index contributed by atoms with van der Waals surface area (Å²) in [6.45, 7) is 0. The number of rotatable bonds is 1. The van der Waals surface area contributed by atoms with Crippen LogP contribution in [0.3, 0.4) is 0 Å². The highest BCUT2D eigenvalue weighted by molar-refractivity contribution is 6.31. The number of phenolic OH excluding ortho intramolecular Hbond substituents is 1. The predicted molar refractivity (Wildman–Crippen MR) is 44.4 cm³/mol. The van der Waals surface area contributed by atoms with Crippen LogP contribution in [0.4, 0.5) is 4.39 Å². The Balaban J connectivity index is 3.23. The molecule has 0 heterocycles. The number of hydrogen-bond acceptors (Lipinski definition) is 3. The number of aromatic hydroxyl groups is 1. The van der Waals surface area contributed by atoms with Gasteiger partial charge in [0.25, 0.3) is 0 Å². The molecule has 5 heteroatoms. The molecule has 1 rings (SSSR count). The first-order valence-electron chi connectivity index (χ1n) is 3.32. The number of esters is 1. The number of carbonyl (C=O) groups excluding carboxylic acids is 1. The summed E-state index contributed by atoms with van der Waals surface area (Å²) in [7, 11) is 1.15. The van der Waals surface area contributed by atoms with Gasteiger partial charge in [0, 0.05) is 6.07 Å². The fraction of sp³-hybridized carbons (Fsp3) is 0.125. The third-order valence-corrected chi connectivity index (χ3v) is 1.73. The fourth-order valence-electron chi connectivity index (χ4n) is 0.810. The van der Waals surface area contributed by atoms with Crippen LogP contribution in [0.15, 0.2) is 12.1 Å². The van der Waals surface area contributed by atoms with Crippen molar-refractivity contribution < 1.29 is 19.0 Å². The van der Waals surface area contributed by atoms with Gasteiger partial charge in [0.05, 0.1) is 12.1 Å². The molecule has 1 N–H and O–H groups in total. The monoisotopic (exact) mass is 204 g/mol. The highest BCUT2D eigenvalue weighted by Gasteiger charge is 2.14. The van der Waals surface area contributed by atoms with E-state index in [-0.39, 0.29) is 10.6 Å². The Kier molecular flexibility index (Phi) is 2.72. The van der Waals surface area contributed by atoms with Gasteiger partial charge < -0.3 is 9.84 Å². The van der Waals surface area contributed by atoms with Gasteiger partial charge in [-0.2, -0.15) is 0 Å². The lowest BCUT2D eigenvalue weighted by atomic mass is 10.2. The van der Waals surface area contributed by atoms with Gasteiger partial charge in [-0.15, -0.1) is 0 Å². The van der Waals surface area contributed by atoms with Crippen LogP contribution in [0.25, 0.3) is 0 Å². The SMILES string of the molecule is COC(=O)c1cc(Cl)c(F)cc1O. The predicted octanol–water partition coefficient (Wildman–Crippen LogP) is 1.97. The molecule has 0 bridgehead atoms. The smallest absolute Gasteiger partial charge is 0.341 e. The Labute approximate surface area is 78.7 Å². The Morgan fingerprint density at radius 3 is 2.77 bits per heavy atom. The van der Waals surface area contributed by atoms with E-state index in [1.54, 1.807) is 0 Å². The summed E-state index contributed by atoms with van der Waals surface area (Å²) < 4.78 is 17.0. The number of ether oxygens (including phenoxy) is 1. The van der Waals surface area contributed by atoms with Crippen molar-refractivity contribution in [1.29, 1.82) is 0 Å².